The molecule has 0 aliphatic rings. The molecule has 0 fully saturated rings. The lowest BCUT2D eigenvalue weighted by Crippen LogP contribution is -2.06. The first-order valence-electron chi connectivity index (χ1n) is 4.28. The van der Waals surface area contributed by atoms with E-state index in [2.05, 4.69) is 46.9 Å². The Morgan fingerprint density at radius 3 is 1.92 bits per heavy atom. The summed E-state index contributed by atoms with van der Waals surface area (Å²) in [6.45, 7) is 14.8. The van der Waals surface area contributed by atoms with Crippen molar-refractivity contribution in [3.8, 4) is 0 Å². The molecule has 0 atom stereocenters. The predicted molar refractivity (Wildman–Crippen MR) is 60.6 cm³/mol. The van der Waals surface area contributed by atoms with Gasteiger partial charge in [0.05, 0.1) is 0 Å². The van der Waals surface area contributed by atoms with Crippen LogP contribution >= 0.6 is 12.6 Å². The van der Waals surface area contributed by atoms with Crippen LogP contribution in [0.4, 0.5) is 0 Å². The second-order valence-electron chi connectivity index (χ2n) is 4.55. The number of thiol groups is 1. The average molecular weight is 184 g/mol. The van der Waals surface area contributed by atoms with Gasteiger partial charge in [0, 0.05) is 0 Å². The summed E-state index contributed by atoms with van der Waals surface area (Å²) >= 11 is 4.30. The molecule has 0 aliphatic heterocycles. The van der Waals surface area contributed by atoms with E-state index >= 15 is 0 Å². The van der Waals surface area contributed by atoms with E-state index in [1.807, 2.05) is 6.92 Å². The second kappa shape index (κ2) is 4.18. The first-order chi connectivity index (χ1) is 5.24. The summed E-state index contributed by atoms with van der Waals surface area (Å²) in [4.78, 5) is 1.07. The summed E-state index contributed by atoms with van der Waals surface area (Å²) in [5.74, 6) is 0. The number of hydrogen-bond donors (Lipinski definition) is 1. The average Bonchev–Trinajstić information content (AvgIpc) is 1.82. The fraction of sp³-hybridized carbons (Fsp3) is 0.636. The quantitative estimate of drug-likeness (QED) is 0.482. The predicted octanol–water partition coefficient (Wildman–Crippen LogP) is 4.20. The van der Waals surface area contributed by atoms with Crippen LogP contribution in [0, 0.1) is 5.41 Å². The molecule has 0 heterocycles. The summed E-state index contributed by atoms with van der Waals surface area (Å²) in [6.07, 6.45) is 1.04. The summed E-state index contributed by atoms with van der Waals surface area (Å²) in [5.41, 5.74) is 2.75. The van der Waals surface area contributed by atoms with E-state index in [9.17, 15) is 0 Å². The van der Waals surface area contributed by atoms with E-state index in [1.165, 1.54) is 11.1 Å². The van der Waals surface area contributed by atoms with E-state index < -0.39 is 0 Å². The Kier molecular flexibility index (Phi) is 4.12. The molecule has 0 amide bonds. The molecule has 0 nitrogen and oxygen atoms in total. The van der Waals surface area contributed by atoms with Crippen LogP contribution in [-0.4, -0.2) is 0 Å². The Balaban J connectivity index is 4.36. The van der Waals surface area contributed by atoms with Crippen molar-refractivity contribution in [3.63, 3.8) is 0 Å². The van der Waals surface area contributed by atoms with Crippen LogP contribution in [0.25, 0.3) is 0 Å². The number of hydrogen-bond acceptors (Lipinski definition) is 1. The fourth-order valence-corrected chi connectivity index (χ4v) is 1.19. The van der Waals surface area contributed by atoms with Gasteiger partial charge in [0.15, 0.2) is 0 Å². The van der Waals surface area contributed by atoms with Gasteiger partial charge in [-0.1, -0.05) is 32.9 Å². The van der Waals surface area contributed by atoms with Gasteiger partial charge < -0.3 is 0 Å². The molecule has 0 bridgehead atoms. The molecule has 0 aromatic rings. The van der Waals surface area contributed by atoms with Crippen molar-refractivity contribution in [2.45, 2.75) is 41.0 Å². The summed E-state index contributed by atoms with van der Waals surface area (Å²) in [7, 11) is 0. The molecule has 0 saturated heterocycles. The van der Waals surface area contributed by atoms with E-state index in [4.69, 9.17) is 0 Å². The molecule has 0 unspecified atom stereocenters. The molecule has 0 saturated carbocycles. The highest BCUT2D eigenvalue weighted by atomic mass is 32.1. The Hall–Kier alpha value is -0.170. The standard InChI is InChI=1S/C11H20S/c1-8(7-11(4,5)6)9(2)10(3)12/h12H,1,7H2,2-6H3/b10-9+. The third kappa shape index (κ3) is 4.66. The molecule has 0 rings (SSSR count). The molecule has 0 spiro atoms. The Labute approximate surface area is 82.2 Å². The maximum absolute atomic E-state index is 4.30. The molecule has 0 aromatic heterocycles. The molecule has 0 aliphatic carbocycles. The van der Waals surface area contributed by atoms with Gasteiger partial charge in [0.25, 0.3) is 0 Å². The minimum absolute atomic E-state index is 0.321. The number of rotatable bonds is 2. The molecule has 0 aromatic carbocycles. The van der Waals surface area contributed by atoms with E-state index in [0.29, 0.717) is 5.41 Å². The lowest BCUT2D eigenvalue weighted by Gasteiger charge is -2.20. The third-order valence-electron chi connectivity index (χ3n) is 1.82. The van der Waals surface area contributed by atoms with E-state index in [-0.39, 0.29) is 0 Å². The zero-order valence-corrected chi connectivity index (χ0v) is 9.76. The molecule has 0 radical (unpaired) electrons. The van der Waals surface area contributed by atoms with Crippen molar-refractivity contribution in [2.24, 2.45) is 5.41 Å². The highest BCUT2D eigenvalue weighted by Gasteiger charge is 2.13. The zero-order valence-electron chi connectivity index (χ0n) is 8.86. The number of allylic oxidation sites excluding steroid dienone is 3. The van der Waals surface area contributed by atoms with Gasteiger partial charge in [0.2, 0.25) is 0 Å². The first-order valence-corrected chi connectivity index (χ1v) is 4.73. The van der Waals surface area contributed by atoms with Crippen molar-refractivity contribution in [2.75, 3.05) is 0 Å². The van der Waals surface area contributed by atoms with Crippen molar-refractivity contribution in [1.82, 2.24) is 0 Å². The van der Waals surface area contributed by atoms with E-state index in [0.717, 1.165) is 11.3 Å². The van der Waals surface area contributed by atoms with Gasteiger partial charge in [-0.3, -0.25) is 0 Å². The minimum Gasteiger partial charge on any atom is -0.148 e. The molecule has 0 N–H and O–H groups in total. The minimum atomic E-state index is 0.321. The third-order valence-corrected chi connectivity index (χ3v) is 2.15. The molecule has 70 valence electrons. The van der Waals surface area contributed by atoms with Crippen molar-refractivity contribution in [1.29, 1.82) is 0 Å². The van der Waals surface area contributed by atoms with Crippen LogP contribution in [0.3, 0.4) is 0 Å². The Bertz CT molecular complexity index is 200. The molecular formula is C11H20S. The van der Waals surface area contributed by atoms with Crippen LogP contribution in [0.1, 0.15) is 41.0 Å². The summed E-state index contributed by atoms with van der Waals surface area (Å²) in [6, 6.07) is 0. The van der Waals surface area contributed by atoms with Gasteiger partial charge in [-0.2, -0.15) is 0 Å². The molecule has 1 heteroatoms. The second-order valence-corrected chi connectivity index (χ2v) is 5.22. The van der Waals surface area contributed by atoms with Gasteiger partial charge in [0.1, 0.15) is 0 Å². The highest BCUT2D eigenvalue weighted by molar-refractivity contribution is 7.84. The SMILES string of the molecule is C=C(CC(C)(C)C)/C(C)=C(\C)S. The maximum atomic E-state index is 4.30. The highest BCUT2D eigenvalue weighted by Crippen LogP contribution is 2.28. The Morgan fingerprint density at radius 2 is 1.67 bits per heavy atom. The van der Waals surface area contributed by atoms with Crippen molar-refractivity contribution < 1.29 is 0 Å². The van der Waals surface area contributed by atoms with Crippen LogP contribution in [0.5, 0.6) is 0 Å². The van der Waals surface area contributed by atoms with Gasteiger partial charge in [-0.25, -0.2) is 0 Å². The van der Waals surface area contributed by atoms with E-state index in [1.54, 1.807) is 0 Å². The largest absolute Gasteiger partial charge is 0.148 e. The monoisotopic (exact) mass is 184 g/mol. The van der Waals surface area contributed by atoms with Crippen molar-refractivity contribution in [3.05, 3.63) is 22.6 Å². The molecular weight excluding hydrogens is 164 g/mol. The smallest absolute Gasteiger partial charge is 0.0183 e. The normalized spacial score (nSPS) is 14.2. The summed E-state index contributed by atoms with van der Waals surface area (Å²) < 4.78 is 0. The topological polar surface area (TPSA) is 0 Å². The van der Waals surface area contributed by atoms with Crippen LogP contribution in [0.2, 0.25) is 0 Å². The van der Waals surface area contributed by atoms with Crippen molar-refractivity contribution >= 4 is 12.6 Å². The fourth-order valence-electron chi connectivity index (χ4n) is 1.03. The zero-order chi connectivity index (χ0) is 9.94. The summed E-state index contributed by atoms with van der Waals surface area (Å²) in [5, 5.41) is 0. The van der Waals surface area contributed by atoms with Crippen LogP contribution < -0.4 is 0 Å². The first kappa shape index (κ1) is 11.8. The van der Waals surface area contributed by atoms with Gasteiger partial charge >= 0.3 is 0 Å². The van der Waals surface area contributed by atoms with Crippen LogP contribution in [-0.2, 0) is 0 Å². The van der Waals surface area contributed by atoms with Crippen LogP contribution in [0.15, 0.2) is 22.6 Å². The molecule has 12 heavy (non-hydrogen) atoms. The van der Waals surface area contributed by atoms with Gasteiger partial charge in [-0.05, 0) is 36.2 Å². The Morgan fingerprint density at radius 1 is 1.25 bits per heavy atom. The lowest BCUT2D eigenvalue weighted by atomic mass is 9.86. The van der Waals surface area contributed by atoms with Gasteiger partial charge in [-0.15, -0.1) is 12.6 Å². The lowest BCUT2D eigenvalue weighted by molar-refractivity contribution is 0.412. The maximum Gasteiger partial charge on any atom is -0.0183 e.